The Balaban J connectivity index is 1.54. The van der Waals surface area contributed by atoms with E-state index >= 15 is 0 Å². The molecule has 1 amide bonds. The molecule has 1 N–H and O–H groups in total. The fourth-order valence-corrected chi connectivity index (χ4v) is 3.47. The van der Waals surface area contributed by atoms with Crippen LogP contribution in [-0.4, -0.2) is 23.3 Å². The smallest absolute Gasteiger partial charge is 0.237 e. The van der Waals surface area contributed by atoms with Gasteiger partial charge in [0.2, 0.25) is 5.91 Å². The fourth-order valence-electron chi connectivity index (χ4n) is 2.60. The van der Waals surface area contributed by atoms with Crippen LogP contribution in [0.15, 0.2) is 78.0 Å². The summed E-state index contributed by atoms with van der Waals surface area (Å²) in [4.78, 5) is 17.5. The van der Waals surface area contributed by atoms with Crippen LogP contribution >= 0.6 is 11.8 Å². The molecular weight excluding hydrogens is 356 g/mol. The van der Waals surface area contributed by atoms with Crippen molar-refractivity contribution in [1.82, 2.24) is 4.98 Å². The molecular formula is C22H22N2O2S. The highest BCUT2D eigenvalue weighted by Crippen LogP contribution is 2.26. The van der Waals surface area contributed by atoms with Crippen molar-refractivity contribution < 1.29 is 9.53 Å². The number of hydrogen-bond donors (Lipinski definition) is 1. The van der Waals surface area contributed by atoms with Crippen LogP contribution in [0, 0.1) is 0 Å². The molecule has 5 heteroatoms. The minimum absolute atomic E-state index is 0.0160. The Morgan fingerprint density at radius 2 is 1.63 bits per heavy atom. The van der Waals surface area contributed by atoms with Gasteiger partial charge in [0.1, 0.15) is 5.75 Å². The highest BCUT2D eigenvalue weighted by molar-refractivity contribution is 8.00. The van der Waals surface area contributed by atoms with Crippen molar-refractivity contribution in [3.05, 3.63) is 84.2 Å². The largest absolute Gasteiger partial charge is 0.497 e. The first-order chi connectivity index (χ1) is 13.1. The first-order valence-electron chi connectivity index (χ1n) is 8.73. The maximum absolute atomic E-state index is 12.5. The van der Waals surface area contributed by atoms with Gasteiger partial charge in [-0.1, -0.05) is 12.1 Å². The van der Waals surface area contributed by atoms with E-state index in [1.165, 1.54) is 22.9 Å². The first-order valence-corrected chi connectivity index (χ1v) is 9.61. The number of rotatable bonds is 7. The SMILES string of the molecule is COc1ccc(S[C@H](C)C(=O)Nc2ccc(Cc3ccncc3)cc2)cc1. The number of carbonyl (C=O) groups excluding carboxylic acids is 1. The molecule has 0 spiro atoms. The van der Waals surface area contributed by atoms with Crippen molar-refractivity contribution in [2.24, 2.45) is 0 Å². The van der Waals surface area contributed by atoms with E-state index in [2.05, 4.69) is 10.3 Å². The first kappa shape index (κ1) is 19.0. The third kappa shape index (κ3) is 5.59. The number of hydrogen-bond acceptors (Lipinski definition) is 4. The van der Waals surface area contributed by atoms with Crippen molar-refractivity contribution in [3.63, 3.8) is 0 Å². The summed E-state index contributed by atoms with van der Waals surface area (Å²) in [6.45, 7) is 1.90. The van der Waals surface area contributed by atoms with Gasteiger partial charge in [-0.2, -0.15) is 0 Å². The van der Waals surface area contributed by atoms with Crippen LogP contribution in [0.5, 0.6) is 5.75 Å². The van der Waals surface area contributed by atoms with Crippen LogP contribution in [0.2, 0.25) is 0 Å². The normalized spacial score (nSPS) is 11.6. The summed E-state index contributed by atoms with van der Waals surface area (Å²) in [7, 11) is 1.64. The molecule has 1 atom stereocenters. The Bertz CT molecular complexity index is 865. The Morgan fingerprint density at radius 1 is 1.00 bits per heavy atom. The molecule has 0 unspecified atom stereocenters. The predicted octanol–water partition coefficient (Wildman–Crippen LogP) is 4.80. The number of pyridine rings is 1. The molecule has 0 bridgehead atoms. The van der Waals surface area contributed by atoms with Gasteiger partial charge >= 0.3 is 0 Å². The van der Waals surface area contributed by atoms with E-state index in [0.29, 0.717) is 0 Å². The minimum atomic E-state index is -0.199. The molecule has 4 nitrogen and oxygen atoms in total. The average molecular weight is 378 g/mol. The number of anilines is 1. The van der Waals surface area contributed by atoms with Crippen LogP contribution in [0.25, 0.3) is 0 Å². The zero-order chi connectivity index (χ0) is 19.1. The molecule has 3 aromatic rings. The van der Waals surface area contributed by atoms with Crippen molar-refractivity contribution in [2.45, 2.75) is 23.5 Å². The second-order valence-corrected chi connectivity index (χ2v) is 7.57. The molecule has 3 rings (SSSR count). The average Bonchev–Trinajstić information content (AvgIpc) is 2.71. The van der Waals surface area contributed by atoms with Crippen LogP contribution in [-0.2, 0) is 11.2 Å². The Kier molecular flexibility index (Phi) is 6.49. The fraction of sp³-hybridized carbons (Fsp3) is 0.182. The molecule has 27 heavy (non-hydrogen) atoms. The monoisotopic (exact) mass is 378 g/mol. The molecule has 138 valence electrons. The third-order valence-corrected chi connectivity index (χ3v) is 5.23. The van der Waals surface area contributed by atoms with Crippen LogP contribution in [0.1, 0.15) is 18.1 Å². The van der Waals surface area contributed by atoms with E-state index in [-0.39, 0.29) is 11.2 Å². The zero-order valence-corrected chi connectivity index (χ0v) is 16.2. The van der Waals surface area contributed by atoms with Gasteiger partial charge in [0.15, 0.2) is 0 Å². The van der Waals surface area contributed by atoms with Crippen LogP contribution in [0.4, 0.5) is 5.69 Å². The Hall–Kier alpha value is -2.79. The number of benzene rings is 2. The second-order valence-electron chi connectivity index (χ2n) is 6.15. The molecule has 0 saturated carbocycles. The van der Waals surface area contributed by atoms with Crippen molar-refractivity contribution in [2.75, 3.05) is 12.4 Å². The summed E-state index contributed by atoms with van der Waals surface area (Å²) in [6.07, 6.45) is 4.44. The van der Waals surface area contributed by atoms with Gasteiger partial charge < -0.3 is 10.1 Å². The summed E-state index contributed by atoms with van der Waals surface area (Å²) < 4.78 is 5.16. The minimum Gasteiger partial charge on any atom is -0.497 e. The van der Waals surface area contributed by atoms with Gasteiger partial charge in [-0.3, -0.25) is 9.78 Å². The van der Waals surface area contributed by atoms with Crippen molar-refractivity contribution in [1.29, 1.82) is 0 Å². The lowest BCUT2D eigenvalue weighted by atomic mass is 10.1. The Labute approximate surface area is 164 Å². The molecule has 0 saturated heterocycles. The highest BCUT2D eigenvalue weighted by Gasteiger charge is 2.14. The zero-order valence-electron chi connectivity index (χ0n) is 15.4. The molecule has 1 aromatic heterocycles. The molecule has 0 aliphatic heterocycles. The van der Waals surface area contributed by atoms with Gasteiger partial charge in [-0.05, 0) is 73.0 Å². The van der Waals surface area contributed by atoms with Gasteiger partial charge in [-0.15, -0.1) is 11.8 Å². The van der Waals surface area contributed by atoms with Crippen molar-refractivity contribution >= 4 is 23.4 Å². The molecule has 0 fully saturated rings. The highest BCUT2D eigenvalue weighted by atomic mass is 32.2. The number of amides is 1. The van der Waals surface area contributed by atoms with Gasteiger partial charge in [0.05, 0.1) is 12.4 Å². The van der Waals surface area contributed by atoms with Gasteiger partial charge in [-0.25, -0.2) is 0 Å². The number of aromatic nitrogens is 1. The van der Waals surface area contributed by atoms with E-state index in [9.17, 15) is 4.79 Å². The summed E-state index contributed by atoms with van der Waals surface area (Å²) in [5.74, 6) is 0.793. The summed E-state index contributed by atoms with van der Waals surface area (Å²) in [5, 5.41) is 2.78. The lowest BCUT2D eigenvalue weighted by Crippen LogP contribution is -2.22. The summed E-state index contributed by atoms with van der Waals surface area (Å²) in [6, 6.07) is 19.7. The van der Waals surface area contributed by atoms with Crippen LogP contribution in [0.3, 0.4) is 0 Å². The van der Waals surface area contributed by atoms with E-state index < -0.39 is 0 Å². The predicted molar refractivity (Wildman–Crippen MR) is 110 cm³/mol. The molecule has 1 heterocycles. The Morgan fingerprint density at radius 3 is 2.26 bits per heavy atom. The third-order valence-electron chi connectivity index (χ3n) is 4.12. The lowest BCUT2D eigenvalue weighted by Gasteiger charge is -2.13. The van der Waals surface area contributed by atoms with E-state index in [1.807, 2.05) is 67.6 Å². The molecule has 0 aliphatic rings. The topological polar surface area (TPSA) is 51.2 Å². The number of nitrogens with one attached hydrogen (secondary N) is 1. The van der Waals surface area contributed by atoms with Gasteiger partial charge in [0, 0.05) is 23.0 Å². The summed E-state index contributed by atoms with van der Waals surface area (Å²) in [5.41, 5.74) is 3.21. The maximum atomic E-state index is 12.5. The second kappa shape index (κ2) is 9.24. The van der Waals surface area contributed by atoms with Crippen molar-refractivity contribution in [3.8, 4) is 5.75 Å². The number of thioether (sulfide) groups is 1. The molecule has 2 aromatic carbocycles. The molecule has 0 radical (unpaired) electrons. The summed E-state index contributed by atoms with van der Waals surface area (Å²) >= 11 is 1.52. The van der Waals surface area contributed by atoms with E-state index in [1.54, 1.807) is 19.5 Å². The number of carbonyl (C=O) groups is 1. The van der Waals surface area contributed by atoms with E-state index in [4.69, 9.17) is 4.74 Å². The lowest BCUT2D eigenvalue weighted by molar-refractivity contribution is -0.115. The van der Waals surface area contributed by atoms with Gasteiger partial charge in [0.25, 0.3) is 0 Å². The number of methoxy groups -OCH3 is 1. The number of nitrogens with zero attached hydrogens (tertiary/aromatic N) is 1. The van der Waals surface area contributed by atoms with E-state index in [0.717, 1.165) is 22.8 Å². The number of ether oxygens (including phenoxy) is 1. The maximum Gasteiger partial charge on any atom is 0.237 e. The quantitative estimate of drug-likeness (QED) is 0.600. The molecule has 0 aliphatic carbocycles. The standard InChI is InChI=1S/C22H22N2O2S/c1-16(27-21-9-7-20(26-2)8-10-21)22(25)24-19-5-3-17(4-6-19)15-18-11-13-23-14-12-18/h3-14,16H,15H2,1-2H3,(H,24,25)/t16-/m1/s1. The van der Waals surface area contributed by atoms with Crippen LogP contribution < -0.4 is 10.1 Å².